The Kier molecular flexibility index (Phi) is 7.00. The first-order valence-corrected chi connectivity index (χ1v) is 9.43. The molecule has 5 nitrogen and oxygen atoms in total. The van der Waals surface area contributed by atoms with E-state index in [0.29, 0.717) is 25.9 Å². The first-order valence-electron chi connectivity index (χ1n) is 9.43. The molecule has 1 atom stereocenters. The highest BCUT2D eigenvalue weighted by Crippen LogP contribution is 2.30. The van der Waals surface area contributed by atoms with Crippen LogP contribution in [0, 0.1) is 0 Å². The van der Waals surface area contributed by atoms with Crippen molar-refractivity contribution < 1.29 is 9.59 Å². The lowest BCUT2D eigenvalue weighted by molar-refractivity contribution is -0.143. The van der Waals surface area contributed by atoms with Crippen LogP contribution in [0.15, 0.2) is 30.3 Å². The molecule has 5 heteroatoms. The van der Waals surface area contributed by atoms with Crippen molar-refractivity contribution in [3.63, 3.8) is 0 Å². The van der Waals surface area contributed by atoms with Gasteiger partial charge in [0.25, 0.3) is 0 Å². The van der Waals surface area contributed by atoms with Gasteiger partial charge in [-0.1, -0.05) is 49.6 Å². The maximum Gasteiger partial charge on any atom is 0.248 e. The second kappa shape index (κ2) is 8.99. The third kappa shape index (κ3) is 4.82. The molecule has 3 N–H and O–H groups in total. The number of carbonyl (C=O) groups is 2. The van der Waals surface area contributed by atoms with E-state index >= 15 is 0 Å². The molecule has 25 heavy (non-hydrogen) atoms. The van der Waals surface area contributed by atoms with E-state index in [0.717, 1.165) is 24.8 Å². The molecule has 1 fully saturated rings. The predicted molar refractivity (Wildman–Crippen MR) is 99.9 cm³/mol. The van der Waals surface area contributed by atoms with Gasteiger partial charge in [0.15, 0.2) is 0 Å². The molecule has 0 radical (unpaired) electrons. The predicted octanol–water partition coefficient (Wildman–Crippen LogP) is 2.76. The van der Waals surface area contributed by atoms with Crippen LogP contribution < -0.4 is 11.1 Å². The zero-order chi connectivity index (χ0) is 18.3. The van der Waals surface area contributed by atoms with Crippen LogP contribution in [0.2, 0.25) is 0 Å². The summed E-state index contributed by atoms with van der Waals surface area (Å²) in [5.41, 5.74) is 6.36. The Balaban J connectivity index is 2.08. The minimum atomic E-state index is -0.752. The molecule has 1 unspecified atom stereocenters. The summed E-state index contributed by atoms with van der Waals surface area (Å²) >= 11 is 0. The van der Waals surface area contributed by atoms with Gasteiger partial charge >= 0.3 is 0 Å². The second-order valence-corrected chi connectivity index (χ2v) is 6.89. The summed E-state index contributed by atoms with van der Waals surface area (Å²) in [6, 6.07) is 9.26. The molecular weight excluding hydrogens is 314 g/mol. The second-order valence-electron chi connectivity index (χ2n) is 6.89. The summed E-state index contributed by atoms with van der Waals surface area (Å²) in [6.07, 6.45) is 4.68. The van der Waals surface area contributed by atoms with Crippen LogP contribution in [-0.2, 0) is 9.59 Å². The summed E-state index contributed by atoms with van der Waals surface area (Å²) in [7, 11) is 0. The van der Waals surface area contributed by atoms with E-state index in [2.05, 4.69) is 5.32 Å². The molecule has 1 aliphatic rings. The van der Waals surface area contributed by atoms with Crippen LogP contribution in [0.25, 0.3) is 0 Å². The molecule has 0 aliphatic heterocycles. The van der Waals surface area contributed by atoms with Crippen LogP contribution in [0.5, 0.6) is 0 Å². The van der Waals surface area contributed by atoms with Crippen molar-refractivity contribution in [1.29, 1.82) is 0 Å². The van der Waals surface area contributed by atoms with Gasteiger partial charge in [0.05, 0.1) is 0 Å². The van der Waals surface area contributed by atoms with E-state index in [-0.39, 0.29) is 24.3 Å². The zero-order valence-corrected chi connectivity index (χ0v) is 15.5. The number of carbonyl (C=O) groups excluding carboxylic acids is 2. The first-order chi connectivity index (χ1) is 12.0. The van der Waals surface area contributed by atoms with Crippen molar-refractivity contribution >= 4 is 11.8 Å². The van der Waals surface area contributed by atoms with Crippen LogP contribution >= 0.6 is 0 Å². The fraction of sp³-hybridized carbons (Fsp3) is 0.600. The van der Waals surface area contributed by atoms with Gasteiger partial charge in [0, 0.05) is 25.6 Å². The minimum absolute atomic E-state index is 0.0545. The van der Waals surface area contributed by atoms with Gasteiger partial charge in [-0.15, -0.1) is 0 Å². The van der Waals surface area contributed by atoms with Gasteiger partial charge in [-0.05, 0) is 32.3 Å². The van der Waals surface area contributed by atoms with Crippen molar-refractivity contribution in [1.82, 2.24) is 10.2 Å². The molecule has 0 aromatic heterocycles. The number of hydrogen-bond donors (Lipinski definition) is 2. The van der Waals surface area contributed by atoms with Crippen LogP contribution in [0.1, 0.15) is 64.0 Å². The zero-order valence-electron chi connectivity index (χ0n) is 15.5. The molecule has 0 bridgehead atoms. The SMILES string of the molecule is CCN(CC)C(=O)C1(NC(=O)CC(N)c2ccccc2)CCCCC1. The highest BCUT2D eigenvalue weighted by Gasteiger charge is 2.42. The molecule has 1 aromatic rings. The first kappa shape index (κ1) is 19.4. The smallest absolute Gasteiger partial charge is 0.248 e. The lowest BCUT2D eigenvalue weighted by atomic mass is 9.80. The molecule has 0 spiro atoms. The Labute approximate surface area is 151 Å². The molecule has 0 saturated heterocycles. The third-order valence-electron chi connectivity index (χ3n) is 5.18. The Morgan fingerprint density at radius 1 is 1.12 bits per heavy atom. The molecule has 2 amide bonds. The molecule has 2 rings (SSSR count). The van der Waals surface area contributed by atoms with Gasteiger partial charge in [0.2, 0.25) is 11.8 Å². The highest BCUT2D eigenvalue weighted by molar-refractivity contribution is 5.91. The van der Waals surface area contributed by atoms with Crippen molar-refractivity contribution in [2.45, 2.75) is 64.0 Å². The number of nitrogens with two attached hydrogens (primary N) is 1. The average Bonchev–Trinajstić information content (AvgIpc) is 2.64. The van der Waals surface area contributed by atoms with Crippen molar-refractivity contribution in [3.05, 3.63) is 35.9 Å². The Bertz CT molecular complexity index is 564. The number of benzene rings is 1. The Morgan fingerprint density at radius 2 is 1.72 bits per heavy atom. The van der Waals surface area contributed by atoms with Gasteiger partial charge in [-0.2, -0.15) is 0 Å². The Hall–Kier alpha value is -1.88. The van der Waals surface area contributed by atoms with E-state index in [1.165, 1.54) is 0 Å². The molecule has 138 valence electrons. The molecular formula is C20H31N3O2. The van der Waals surface area contributed by atoms with Crippen LogP contribution in [0.3, 0.4) is 0 Å². The van der Waals surface area contributed by atoms with E-state index in [1.54, 1.807) is 0 Å². The lowest BCUT2D eigenvalue weighted by Crippen LogP contribution is -2.60. The average molecular weight is 345 g/mol. The Morgan fingerprint density at radius 3 is 2.28 bits per heavy atom. The quantitative estimate of drug-likeness (QED) is 0.798. The van der Waals surface area contributed by atoms with Crippen molar-refractivity contribution in [2.75, 3.05) is 13.1 Å². The third-order valence-corrected chi connectivity index (χ3v) is 5.18. The van der Waals surface area contributed by atoms with E-state index in [4.69, 9.17) is 5.73 Å². The number of nitrogens with zero attached hydrogens (tertiary/aromatic N) is 1. The summed E-state index contributed by atoms with van der Waals surface area (Å²) in [6.45, 7) is 5.28. The summed E-state index contributed by atoms with van der Waals surface area (Å²) in [5, 5.41) is 3.07. The molecule has 1 saturated carbocycles. The van der Waals surface area contributed by atoms with Crippen LogP contribution in [-0.4, -0.2) is 35.3 Å². The van der Waals surface area contributed by atoms with E-state index in [9.17, 15) is 9.59 Å². The van der Waals surface area contributed by atoms with Crippen molar-refractivity contribution in [2.24, 2.45) is 5.73 Å². The maximum absolute atomic E-state index is 13.1. The fourth-order valence-electron chi connectivity index (χ4n) is 3.70. The molecule has 0 heterocycles. The number of likely N-dealkylation sites (N-methyl/N-ethyl adjacent to an activating group) is 1. The van der Waals surface area contributed by atoms with Gasteiger partial charge in [-0.25, -0.2) is 0 Å². The van der Waals surface area contributed by atoms with Gasteiger partial charge in [-0.3, -0.25) is 9.59 Å². The summed E-state index contributed by atoms with van der Waals surface area (Å²) in [4.78, 5) is 27.5. The summed E-state index contributed by atoms with van der Waals surface area (Å²) in [5.74, 6) is -0.0856. The topological polar surface area (TPSA) is 75.4 Å². The van der Waals surface area contributed by atoms with Crippen LogP contribution in [0.4, 0.5) is 0 Å². The largest absolute Gasteiger partial charge is 0.342 e. The maximum atomic E-state index is 13.1. The van der Waals surface area contributed by atoms with E-state index < -0.39 is 5.54 Å². The number of amides is 2. The van der Waals surface area contributed by atoms with E-state index in [1.807, 2.05) is 49.1 Å². The number of hydrogen-bond acceptors (Lipinski definition) is 3. The fourth-order valence-corrected chi connectivity index (χ4v) is 3.70. The highest BCUT2D eigenvalue weighted by atomic mass is 16.2. The monoisotopic (exact) mass is 345 g/mol. The minimum Gasteiger partial charge on any atom is -0.342 e. The van der Waals surface area contributed by atoms with Crippen molar-refractivity contribution in [3.8, 4) is 0 Å². The standard InChI is InChI=1S/C20H31N3O2/c1-3-23(4-2)19(25)20(13-9-6-10-14-20)22-18(24)15-17(21)16-11-7-5-8-12-16/h5,7-8,11-12,17H,3-4,6,9-10,13-15,21H2,1-2H3,(H,22,24). The normalized spacial score (nSPS) is 17.6. The molecule has 1 aliphatic carbocycles. The number of rotatable bonds is 7. The van der Waals surface area contributed by atoms with Gasteiger partial charge in [0.1, 0.15) is 5.54 Å². The number of nitrogens with one attached hydrogen (secondary N) is 1. The van der Waals surface area contributed by atoms with Gasteiger partial charge < -0.3 is 16.0 Å². The lowest BCUT2D eigenvalue weighted by Gasteiger charge is -2.40. The summed E-state index contributed by atoms with van der Waals surface area (Å²) < 4.78 is 0. The molecule has 1 aromatic carbocycles.